The van der Waals surface area contributed by atoms with Crippen LogP contribution in [0.3, 0.4) is 0 Å². The molecule has 4 aromatic rings. The summed E-state index contributed by atoms with van der Waals surface area (Å²) in [5.41, 5.74) is 3.98. The summed E-state index contributed by atoms with van der Waals surface area (Å²) < 4.78 is 15.3. The summed E-state index contributed by atoms with van der Waals surface area (Å²) in [5, 5.41) is 4.69. The van der Waals surface area contributed by atoms with Crippen LogP contribution in [0, 0.1) is 12.7 Å². The van der Waals surface area contributed by atoms with Crippen molar-refractivity contribution in [2.45, 2.75) is 25.7 Å². The number of aryl methyl sites for hydroxylation is 1. The lowest BCUT2D eigenvalue weighted by Gasteiger charge is -2.31. The predicted molar refractivity (Wildman–Crippen MR) is 115 cm³/mol. The summed E-state index contributed by atoms with van der Waals surface area (Å²) in [6.07, 6.45) is 7.07. The smallest absolute Gasteiger partial charge is 0.255 e. The molecule has 0 unspecified atom stereocenters. The van der Waals surface area contributed by atoms with Crippen molar-refractivity contribution in [3.05, 3.63) is 83.8 Å². The van der Waals surface area contributed by atoms with Gasteiger partial charge in [0.25, 0.3) is 5.91 Å². The molecule has 0 aliphatic carbocycles. The fourth-order valence-corrected chi connectivity index (χ4v) is 4.14. The van der Waals surface area contributed by atoms with Gasteiger partial charge in [-0.25, -0.2) is 13.9 Å². The van der Waals surface area contributed by atoms with E-state index in [0.29, 0.717) is 12.1 Å². The van der Waals surface area contributed by atoms with Gasteiger partial charge in [0.05, 0.1) is 5.56 Å². The van der Waals surface area contributed by atoms with E-state index in [2.05, 4.69) is 10.1 Å². The van der Waals surface area contributed by atoms with Crippen molar-refractivity contribution in [3.63, 3.8) is 0 Å². The molecule has 6 nitrogen and oxygen atoms in total. The van der Waals surface area contributed by atoms with E-state index in [4.69, 9.17) is 4.98 Å². The van der Waals surface area contributed by atoms with Crippen LogP contribution in [0.15, 0.2) is 61.1 Å². The third kappa shape index (κ3) is 3.91. The summed E-state index contributed by atoms with van der Waals surface area (Å²) >= 11 is 0. The van der Waals surface area contributed by atoms with Crippen molar-refractivity contribution in [1.29, 1.82) is 0 Å². The number of hydrogen-bond acceptors (Lipinski definition) is 4. The second kappa shape index (κ2) is 7.91. The SMILES string of the molecule is Cc1cncc(C(=O)N2CCC[C@H](c3nc4ccc(-c5cccc(F)c5)cn4n3)C2)c1. The maximum atomic E-state index is 13.6. The molecule has 156 valence electrons. The number of aromatic nitrogens is 4. The highest BCUT2D eigenvalue weighted by Gasteiger charge is 2.28. The number of fused-ring (bicyclic) bond motifs is 1. The molecule has 4 heterocycles. The Morgan fingerprint density at radius 1 is 1.13 bits per heavy atom. The Balaban J connectivity index is 1.39. The Kier molecular flexibility index (Phi) is 4.94. The number of pyridine rings is 2. The number of likely N-dealkylation sites (tertiary alicyclic amines) is 1. The van der Waals surface area contributed by atoms with Gasteiger partial charge in [0, 0.05) is 43.2 Å². The van der Waals surface area contributed by atoms with Crippen LogP contribution < -0.4 is 0 Å². The number of halogens is 1. The first-order valence-electron chi connectivity index (χ1n) is 10.4. The average molecular weight is 415 g/mol. The summed E-state index contributed by atoms with van der Waals surface area (Å²) in [4.78, 5) is 23.7. The lowest BCUT2D eigenvalue weighted by Crippen LogP contribution is -2.39. The van der Waals surface area contributed by atoms with Crippen LogP contribution in [0.25, 0.3) is 16.8 Å². The average Bonchev–Trinajstić information content (AvgIpc) is 3.22. The van der Waals surface area contributed by atoms with Gasteiger partial charge in [-0.05, 0) is 61.2 Å². The van der Waals surface area contributed by atoms with Crippen molar-refractivity contribution in [2.24, 2.45) is 0 Å². The molecular weight excluding hydrogens is 393 g/mol. The zero-order valence-corrected chi connectivity index (χ0v) is 17.2. The van der Waals surface area contributed by atoms with Gasteiger partial charge in [0.1, 0.15) is 5.82 Å². The Hall–Kier alpha value is -3.61. The molecule has 1 amide bonds. The second-order valence-electron chi connectivity index (χ2n) is 8.04. The van der Waals surface area contributed by atoms with Crippen molar-refractivity contribution in [1.82, 2.24) is 24.5 Å². The van der Waals surface area contributed by atoms with Gasteiger partial charge in [-0.1, -0.05) is 12.1 Å². The van der Waals surface area contributed by atoms with Gasteiger partial charge >= 0.3 is 0 Å². The highest BCUT2D eigenvalue weighted by Crippen LogP contribution is 2.27. The van der Waals surface area contributed by atoms with E-state index in [1.54, 1.807) is 23.0 Å². The summed E-state index contributed by atoms with van der Waals surface area (Å²) in [6.45, 7) is 3.24. The number of carbonyl (C=O) groups is 1. The Morgan fingerprint density at radius 3 is 2.87 bits per heavy atom. The lowest BCUT2D eigenvalue weighted by molar-refractivity contribution is 0.0704. The maximum absolute atomic E-state index is 13.6. The van der Waals surface area contributed by atoms with E-state index >= 15 is 0 Å². The number of rotatable bonds is 3. The first-order valence-corrected chi connectivity index (χ1v) is 10.4. The van der Waals surface area contributed by atoms with Crippen LogP contribution in [0.2, 0.25) is 0 Å². The molecule has 0 radical (unpaired) electrons. The van der Waals surface area contributed by atoms with Crippen LogP contribution >= 0.6 is 0 Å². The van der Waals surface area contributed by atoms with Crippen LogP contribution in [-0.2, 0) is 0 Å². The van der Waals surface area contributed by atoms with Gasteiger partial charge in [-0.2, -0.15) is 5.10 Å². The molecule has 5 rings (SSSR count). The third-order valence-electron chi connectivity index (χ3n) is 5.70. The van der Waals surface area contributed by atoms with Gasteiger partial charge in [-0.3, -0.25) is 9.78 Å². The lowest BCUT2D eigenvalue weighted by atomic mass is 9.97. The molecule has 1 atom stereocenters. The normalized spacial score (nSPS) is 16.6. The highest BCUT2D eigenvalue weighted by atomic mass is 19.1. The molecule has 1 aromatic carbocycles. The van der Waals surface area contributed by atoms with Crippen LogP contribution in [-0.4, -0.2) is 43.5 Å². The van der Waals surface area contributed by atoms with Crippen LogP contribution in [0.5, 0.6) is 0 Å². The molecule has 0 N–H and O–H groups in total. The molecule has 1 aliphatic rings. The third-order valence-corrected chi connectivity index (χ3v) is 5.70. The van der Waals surface area contributed by atoms with Gasteiger partial charge in [0.15, 0.2) is 11.5 Å². The molecular formula is C24H22FN5O. The molecule has 1 saturated heterocycles. The van der Waals surface area contributed by atoms with Crippen LogP contribution in [0.1, 0.15) is 40.5 Å². The standard InChI is InChI=1S/C24H22FN5O/c1-16-10-20(13-26-12-16)24(31)29-9-3-5-19(14-29)23-27-22-8-7-18(15-30(22)28-23)17-4-2-6-21(25)11-17/h2,4,6-8,10-13,15,19H,3,5,9,14H2,1H3/t19-/m0/s1. The topological polar surface area (TPSA) is 63.4 Å². The van der Waals surface area contributed by atoms with Gasteiger partial charge in [-0.15, -0.1) is 0 Å². The minimum atomic E-state index is -0.271. The van der Waals surface area contributed by atoms with Crippen molar-refractivity contribution in [3.8, 4) is 11.1 Å². The van der Waals surface area contributed by atoms with Crippen LogP contribution in [0.4, 0.5) is 4.39 Å². The molecule has 3 aromatic heterocycles. The number of hydrogen-bond donors (Lipinski definition) is 0. The monoisotopic (exact) mass is 415 g/mol. The van der Waals surface area contributed by atoms with Crippen molar-refractivity contribution < 1.29 is 9.18 Å². The van der Waals surface area contributed by atoms with E-state index in [0.717, 1.165) is 47.5 Å². The minimum Gasteiger partial charge on any atom is -0.338 e. The van der Waals surface area contributed by atoms with E-state index in [9.17, 15) is 9.18 Å². The fourth-order valence-electron chi connectivity index (χ4n) is 4.14. The molecule has 31 heavy (non-hydrogen) atoms. The summed E-state index contributed by atoms with van der Waals surface area (Å²) in [6, 6.07) is 12.2. The second-order valence-corrected chi connectivity index (χ2v) is 8.04. The van der Waals surface area contributed by atoms with Gasteiger partial charge < -0.3 is 4.90 Å². The number of benzene rings is 1. The number of carbonyl (C=O) groups excluding carboxylic acids is 1. The fraction of sp³-hybridized carbons (Fsp3) is 0.250. The zero-order valence-electron chi connectivity index (χ0n) is 17.2. The molecule has 7 heteroatoms. The number of amides is 1. The first kappa shape index (κ1) is 19.4. The van der Waals surface area contributed by atoms with E-state index in [1.165, 1.54) is 12.1 Å². The van der Waals surface area contributed by atoms with E-state index in [-0.39, 0.29) is 17.6 Å². The number of piperidine rings is 1. The highest BCUT2D eigenvalue weighted by molar-refractivity contribution is 5.94. The molecule has 0 saturated carbocycles. The molecule has 1 aliphatic heterocycles. The summed E-state index contributed by atoms with van der Waals surface area (Å²) in [5.74, 6) is 0.537. The van der Waals surface area contributed by atoms with E-state index in [1.807, 2.05) is 42.3 Å². The zero-order chi connectivity index (χ0) is 21.4. The van der Waals surface area contributed by atoms with Gasteiger partial charge in [0.2, 0.25) is 0 Å². The largest absolute Gasteiger partial charge is 0.338 e. The van der Waals surface area contributed by atoms with Crippen molar-refractivity contribution in [2.75, 3.05) is 13.1 Å². The Morgan fingerprint density at radius 2 is 2.03 bits per heavy atom. The minimum absolute atomic E-state index is 0.00180. The molecule has 1 fully saturated rings. The predicted octanol–water partition coefficient (Wildman–Crippen LogP) is 4.26. The maximum Gasteiger partial charge on any atom is 0.255 e. The first-order chi connectivity index (χ1) is 15.1. The quantitative estimate of drug-likeness (QED) is 0.502. The summed E-state index contributed by atoms with van der Waals surface area (Å²) in [7, 11) is 0. The number of nitrogens with zero attached hydrogens (tertiary/aromatic N) is 5. The molecule has 0 spiro atoms. The Labute approximate surface area is 179 Å². The molecule has 0 bridgehead atoms. The van der Waals surface area contributed by atoms with Crippen molar-refractivity contribution >= 4 is 11.6 Å². The van der Waals surface area contributed by atoms with E-state index < -0.39 is 0 Å². The Bertz CT molecular complexity index is 1270.